The second kappa shape index (κ2) is 13.2. The molecule has 1 heterocycles. The zero-order valence-corrected chi connectivity index (χ0v) is 27.6. The highest BCUT2D eigenvalue weighted by Crippen LogP contribution is 2.44. The van der Waals surface area contributed by atoms with Crippen molar-refractivity contribution in [3.8, 4) is 0 Å². The Bertz CT molecular complexity index is 1480. The molecule has 1 fully saturated rings. The van der Waals surface area contributed by atoms with Crippen LogP contribution in [-0.2, 0) is 10.2 Å². The van der Waals surface area contributed by atoms with E-state index < -0.39 is 14.2 Å². The molecule has 1 aliphatic heterocycles. The molecule has 0 spiro atoms. The van der Waals surface area contributed by atoms with Gasteiger partial charge in [0.25, 0.3) is 0 Å². The minimum atomic E-state index is -2.96. The number of carbonyl (C=O) groups excluding carboxylic acids is 1. The van der Waals surface area contributed by atoms with Crippen LogP contribution in [0.3, 0.4) is 0 Å². The summed E-state index contributed by atoms with van der Waals surface area (Å²) in [6.07, 6.45) is 5.74. The van der Waals surface area contributed by atoms with Gasteiger partial charge < -0.3 is 9.84 Å². The lowest BCUT2D eigenvalue weighted by molar-refractivity contribution is -0.0167. The second-order valence-electron chi connectivity index (χ2n) is 13.5. The standard InChI is InChI=1S/C40H45NO3Si/c1-30-24-25-36(40(2,3)31-16-8-4-9-17-31)37(28-30)44-39(43)41-27-26-32(42)29-38(41)45(33-18-10-5-11-19-33,34-20-12-6-13-21-34)35-22-14-7-15-23-35/h4-23,26-27,30,32,36-38,42H,24-25,28-29H2,1-3H3/t30-,32-,36-,37-,38+/m1/s1. The molecule has 1 N–H and O–H groups in total. The van der Waals surface area contributed by atoms with Crippen LogP contribution < -0.4 is 15.6 Å². The maximum atomic E-state index is 14.6. The lowest BCUT2D eigenvalue weighted by atomic mass is 9.64. The molecule has 4 aromatic carbocycles. The Hall–Kier alpha value is -3.93. The van der Waals surface area contributed by atoms with Crippen molar-refractivity contribution < 1.29 is 14.6 Å². The highest BCUT2D eigenvalue weighted by Gasteiger charge is 2.52. The summed E-state index contributed by atoms with van der Waals surface area (Å²) in [5, 5.41) is 14.8. The summed E-state index contributed by atoms with van der Waals surface area (Å²) in [4.78, 5) is 16.5. The fourth-order valence-electron chi connectivity index (χ4n) is 8.03. The Kier molecular flexibility index (Phi) is 9.11. The van der Waals surface area contributed by atoms with E-state index in [1.54, 1.807) is 12.3 Å². The zero-order valence-electron chi connectivity index (χ0n) is 26.6. The number of hydrogen-bond acceptors (Lipinski definition) is 3. The quantitative estimate of drug-likeness (QED) is 0.189. The van der Waals surface area contributed by atoms with Crippen LogP contribution in [0.5, 0.6) is 0 Å². The molecular weight excluding hydrogens is 571 g/mol. The van der Waals surface area contributed by atoms with Crippen LogP contribution in [0.1, 0.15) is 52.0 Å². The number of benzene rings is 4. The Balaban J connectivity index is 1.44. The van der Waals surface area contributed by atoms with Crippen LogP contribution in [0, 0.1) is 11.8 Å². The summed E-state index contributed by atoms with van der Waals surface area (Å²) in [6.45, 7) is 6.86. The molecule has 45 heavy (non-hydrogen) atoms. The molecule has 1 aliphatic carbocycles. The fraction of sp³-hybridized carbons (Fsp3) is 0.325. The Morgan fingerprint density at radius 3 is 1.76 bits per heavy atom. The number of rotatable bonds is 7. The van der Waals surface area contributed by atoms with E-state index in [9.17, 15) is 9.90 Å². The van der Waals surface area contributed by atoms with E-state index in [1.807, 2.05) is 23.1 Å². The second-order valence-corrected chi connectivity index (χ2v) is 17.5. The van der Waals surface area contributed by atoms with Crippen molar-refractivity contribution in [1.29, 1.82) is 0 Å². The van der Waals surface area contributed by atoms with E-state index in [0.29, 0.717) is 12.3 Å². The zero-order chi connectivity index (χ0) is 31.4. The van der Waals surface area contributed by atoms with Gasteiger partial charge in [-0.25, -0.2) is 4.79 Å². The van der Waals surface area contributed by atoms with Gasteiger partial charge in [0, 0.05) is 17.8 Å². The first-order chi connectivity index (χ1) is 21.8. The fourth-order valence-corrected chi connectivity index (χ4v) is 13.5. The molecule has 6 rings (SSSR count). The molecule has 5 atom stereocenters. The minimum absolute atomic E-state index is 0.156. The van der Waals surface area contributed by atoms with E-state index in [2.05, 4.69) is 124 Å². The molecule has 4 aromatic rings. The van der Waals surface area contributed by atoms with Crippen LogP contribution in [0.2, 0.25) is 0 Å². The van der Waals surface area contributed by atoms with Crippen molar-refractivity contribution in [1.82, 2.24) is 4.90 Å². The van der Waals surface area contributed by atoms with Gasteiger partial charge in [0.2, 0.25) is 0 Å². The van der Waals surface area contributed by atoms with Gasteiger partial charge in [-0.2, -0.15) is 0 Å². The van der Waals surface area contributed by atoms with Crippen LogP contribution in [0.15, 0.2) is 134 Å². The number of hydrogen-bond donors (Lipinski definition) is 1. The Morgan fingerprint density at radius 2 is 1.24 bits per heavy atom. The highest BCUT2D eigenvalue weighted by molar-refractivity contribution is 7.12. The summed E-state index contributed by atoms with van der Waals surface area (Å²) in [5.74, 6) is 0.670. The third kappa shape index (κ3) is 6.04. The van der Waals surface area contributed by atoms with Gasteiger partial charge in [-0.1, -0.05) is 149 Å². The molecule has 0 aromatic heterocycles. The van der Waals surface area contributed by atoms with E-state index in [0.717, 1.165) is 19.3 Å². The lowest BCUT2D eigenvalue weighted by Crippen LogP contribution is -2.78. The SMILES string of the molecule is C[C@@H]1CC[C@@H](C(C)(C)c2ccccc2)[C@H](OC(=O)N2C=C[C@@H](O)C[C@@H]2[Si](c2ccccc2)(c2ccccc2)c2ccccc2)C1. The first-order valence-electron chi connectivity index (χ1n) is 16.4. The van der Waals surface area contributed by atoms with Crippen LogP contribution >= 0.6 is 0 Å². The molecular formula is C40H45NO3Si. The van der Waals surface area contributed by atoms with Crippen molar-refractivity contribution in [2.75, 3.05) is 0 Å². The number of ether oxygens (including phenoxy) is 1. The number of nitrogens with zero attached hydrogens (tertiary/aromatic N) is 1. The van der Waals surface area contributed by atoms with Crippen molar-refractivity contribution in [3.05, 3.63) is 139 Å². The normalized spacial score (nSPS) is 23.8. The predicted octanol–water partition coefficient (Wildman–Crippen LogP) is 6.56. The maximum absolute atomic E-state index is 14.6. The Labute approximate surface area is 269 Å². The third-order valence-corrected chi connectivity index (χ3v) is 15.7. The molecule has 0 unspecified atom stereocenters. The Morgan fingerprint density at radius 1 is 0.756 bits per heavy atom. The average molecular weight is 616 g/mol. The van der Waals surface area contributed by atoms with Crippen molar-refractivity contribution in [2.24, 2.45) is 11.8 Å². The summed E-state index contributed by atoms with van der Waals surface area (Å²) >= 11 is 0. The number of aliphatic hydroxyl groups excluding tert-OH is 1. The number of aliphatic hydroxyl groups is 1. The van der Waals surface area contributed by atoms with Gasteiger partial charge in [-0.15, -0.1) is 0 Å². The molecule has 232 valence electrons. The summed E-state index contributed by atoms with van der Waals surface area (Å²) < 4.78 is 6.67. The topological polar surface area (TPSA) is 49.8 Å². The van der Waals surface area contributed by atoms with Gasteiger partial charge in [-0.3, -0.25) is 4.90 Å². The van der Waals surface area contributed by atoms with Crippen molar-refractivity contribution in [2.45, 2.75) is 69.7 Å². The summed E-state index contributed by atoms with van der Waals surface area (Å²) in [7, 11) is -2.96. The largest absolute Gasteiger partial charge is 0.446 e. The molecule has 1 saturated carbocycles. The first kappa shape index (κ1) is 31.1. The monoisotopic (exact) mass is 615 g/mol. The van der Waals surface area contributed by atoms with Gasteiger partial charge in [0.15, 0.2) is 8.07 Å². The van der Waals surface area contributed by atoms with Crippen molar-refractivity contribution in [3.63, 3.8) is 0 Å². The predicted molar refractivity (Wildman–Crippen MR) is 186 cm³/mol. The van der Waals surface area contributed by atoms with Crippen LogP contribution in [-0.4, -0.2) is 42.0 Å². The van der Waals surface area contributed by atoms with E-state index in [1.165, 1.54) is 21.1 Å². The highest BCUT2D eigenvalue weighted by atomic mass is 28.3. The first-order valence-corrected chi connectivity index (χ1v) is 18.5. The molecule has 5 heteroatoms. The third-order valence-electron chi connectivity index (χ3n) is 10.4. The summed E-state index contributed by atoms with van der Waals surface area (Å²) in [5.41, 5.74) is 0.808. The maximum Gasteiger partial charge on any atom is 0.414 e. The smallest absolute Gasteiger partial charge is 0.414 e. The van der Waals surface area contributed by atoms with Gasteiger partial charge in [-0.05, 0) is 57.8 Å². The van der Waals surface area contributed by atoms with Crippen LogP contribution in [0.4, 0.5) is 4.79 Å². The van der Waals surface area contributed by atoms with E-state index in [-0.39, 0.29) is 29.2 Å². The number of carbonyl (C=O) groups is 1. The van der Waals surface area contributed by atoms with Gasteiger partial charge >= 0.3 is 6.09 Å². The summed E-state index contributed by atoms with van der Waals surface area (Å²) in [6, 6.07) is 42.4. The van der Waals surface area contributed by atoms with Crippen LogP contribution in [0.25, 0.3) is 0 Å². The van der Waals surface area contributed by atoms with Gasteiger partial charge in [0.05, 0.1) is 6.10 Å². The molecule has 0 saturated heterocycles. The molecule has 0 bridgehead atoms. The minimum Gasteiger partial charge on any atom is -0.446 e. The van der Waals surface area contributed by atoms with Crippen molar-refractivity contribution >= 4 is 29.7 Å². The number of amides is 1. The average Bonchev–Trinajstić information content (AvgIpc) is 3.07. The molecule has 2 aliphatic rings. The van der Waals surface area contributed by atoms with E-state index in [4.69, 9.17) is 4.74 Å². The van der Waals surface area contributed by atoms with Gasteiger partial charge in [0.1, 0.15) is 6.10 Å². The molecule has 1 amide bonds. The lowest BCUT2D eigenvalue weighted by Gasteiger charge is -2.48. The van der Waals surface area contributed by atoms with E-state index >= 15 is 0 Å². The molecule has 0 radical (unpaired) electrons. The molecule has 4 nitrogen and oxygen atoms in total.